The number of likely N-dealkylation sites (N-methyl/N-ethyl adjacent to an activating group) is 1. The molecule has 0 aromatic heterocycles. The number of hydrogen-bond donors (Lipinski definition) is 0. The summed E-state index contributed by atoms with van der Waals surface area (Å²) < 4.78 is 41.9. The van der Waals surface area contributed by atoms with E-state index in [4.69, 9.17) is 27.9 Å². The lowest BCUT2D eigenvalue weighted by Crippen LogP contribution is -2.43. The molecule has 0 N–H and O–H groups in total. The van der Waals surface area contributed by atoms with Crippen LogP contribution in [0.5, 0.6) is 0 Å². The molecule has 0 radical (unpaired) electrons. The van der Waals surface area contributed by atoms with Crippen molar-refractivity contribution in [2.75, 3.05) is 20.8 Å². The van der Waals surface area contributed by atoms with E-state index in [1.165, 1.54) is 14.2 Å². The van der Waals surface area contributed by atoms with Crippen molar-refractivity contribution in [1.29, 1.82) is 0 Å². The minimum Gasteiger partial charge on any atom is -0.342 e. The van der Waals surface area contributed by atoms with Gasteiger partial charge in [-0.25, -0.2) is 9.63 Å². The van der Waals surface area contributed by atoms with Crippen LogP contribution in [0.4, 0.5) is 0 Å². The lowest BCUT2D eigenvalue weighted by atomic mass is 10.2. The zero-order chi connectivity index (χ0) is 23.9. The van der Waals surface area contributed by atoms with Gasteiger partial charge < -0.3 is 9.47 Å². The lowest BCUT2D eigenvalue weighted by Gasteiger charge is -2.23. The van der Waals surface area contributed by atoms with Crippen LogP contribution in [-0.4, -0.2) is 49.7 Å². The van der Waals surface area contributed by atoms with Gasteiger partial charge in [0.25, 0.3) is 5.91 Å². The molecule has 1 heterocycles. The maximum absolute atomic E-state index is 13.5. The second-order valence-corrected chi connectivity index (χ2v) is 9.54. The van der Waals surface area contributed by atoms with Crippen molar-refractivity contribution in [3.63, 3.8) is 0 Å². The van der Waals surface area contributed by atoms with Crippen LogP contribution in [-0.2, 0) is 50.5 Å². The lowest BCUT2D eigenvalue weighted by molar-refractivity contribution is -0.187. The van der Waals surface area contributed by atoms with Gasteiger partial charge in [-0.15, -0.1) is 0 Å². The first-order chi connectivity index (χ1) is 15.7. The minimum atomic E-state index is -4.02. The van der Waals surface area contributed by atoms with Gasteiger partial charge in [0.2, 0.25) is 0 Å². The van der Waals surface area contributed by atoms with Gasteiger partial charge in [0.1, 0.15) is 6.10 Å². The second kappa shape index (κ2) is 11.4. The van der Waals surface area contributed by atoms with E-state index >= 15 is 0 Å². The van der Waals surface area contributed by atoms with Crippen molar-refractivity contribution >= 4 is 13.7 Å². The van der Waals surface area contributed by atoms with Crippen LogP contribution < -0.4 is 0 Å². The van der Waals surface area contributed by atoms with Gasteiger partial charge in [-0.2, -0.15) is 0 Å². The fourth-order valence-electron chi connectivity index (χ4n) is 3.17. The maximum Gasteiger partial charge on any atom is 0.475 e. The summed E-state index contributed by atoms with van der Waals surface area (Å²) in [6.45, 7) is 3.15. The van der Waals surface area contributed by atoms with Crippen molar-refractivity contribution in [2.24, 2.45) is 0 Å². The molecule has 0 aliphatic carbocycles. The van der Waals surface area contributed by atoms with E-state index in [9.17, 15) is 9.36 Å². The molecular weight excluding hydrogens is 449 g/mol. The summed E-state index contributed by atoms with van der Waals surface area (Å²) in [6, 6.07) is 18.5. The van der Waals surface area contributed by atoms with Gasteiger partial charge in [0.15, 0.2) is 11.9 Å². The SMILES string of the molecule is CON(C)C(=O)[C@H]1OC(C)(C)O[C@@H]1COP(=O)(OCc1ccccc1)OCc1ccccc1. The summed E-state index contributed by atoms with van der Waals surface area (Å²) in [6.07, 6.45) is -1.86. The number of ether oxygens (including phenoxy) is 2. The van der Waals surface area contributed by atoms with Crippen LogP contribution >= 0.6 is 7.82 Å². The fraction of sp³-hybridized carbons (Fsp3) is 0.435. The maximum atomic E-state index is 13.5. The van der Waals surface area contributed by atoms with E-state index in [-0.39, 0.29) is 19.8 Å². The number of hydroxylamine groups is 2. The van der Waals surface area contributed by atoms with Gasteiger partial charge in [-0.1, -0.05) is 60.7 Å². The second-order valence-electron chi connectivity index (χ2n) is 7.87. The molecular formula is C23H30NO8P. The molecule has 0 bridgehead atoms. The van der Waals surface area contributed by atoms with Gasteiger partial charge in [-0.05, 0) is 25.0 Å². The average molecular weight is 479 g/mol. The van der Waals surface area contributed by atoms with Crippen LogP contribution in [0.1, 0.15) is 25.0 Å². The molecule has 1 aliphatic rings. The highest BCUT2D eigenvalue weighted by Crippen LogP contribution is 2.51. The van der Waals surface area contributed by atoms with E-state index in [0.29, 0.717) is 0 Å². The molecule has 0 spiro atoms. The fourth-order valence-corrected chi connectivity index (χ4v) is 4.34. The van der Waals surface area contributed by atoms with Gasteiger partial charge in [-0.3, -0.25) is 23.2 Å². The quantitative estimate of drug-likeness (QED) is 0.352. The zero-order valence-electron chi connectivity index (χ0n) is 19.2. The molecule has 1 saturated heterocycles. The normalized spacial score (nSPS) is 20.0. The van der Waals surface area contributed by atoms with Crippen LogP contribution in [0.2, 0.25) is 0 Å². The molecule has 2 aromatic carbocycles. The van der Waals surface area contributed by atoms with Crippen LogP contribution in [0, 0.1) is 0 Å². The smallest absolute Gasteiger partial charge is 0.342 e. The molecule has 1 fully saturated rings. The van der Waals surface area contributed by atoms with E-state index in [2.05, 4.69) is 0 Å². The Morgan fingerprint density at radius 3 is 1.94 bits per heavy atom. The largest absolute Gasteiger partial charge is 0.475 e. The Morgan fingerprint density at radius 1 is 0.939 bits per heavy atom. The molecule has 2 atom stereocenters. The van der Waals surface area contributed by atoms with E-state index in [0.717, 1.165) is 16.2 Å². The molecule has 0 saturated carbocycles. The van der Waals surface area contributed by atoms with Crippen molar-refractivity contribution in [3.8, 4) is 0 Å². The average Bonchev–Trinajstić information content (AvgIpc) is 3.15. The number of amides is 1. The molecule has 33 heavy (non-hydrogen) atoms. The summed E-state index contributed by atoms with van der Waals surface area (Å²) in [4.78, 5) is 17.6. The highest BCUT2D eigenvalue weighted by Gasteiger charge is 2.47. The predicted molar refractivity (Wildman–Crippen MR) is 120 cm³/mol. The number of nitrogens with zero attached hydrogens (tertiary/aromatic N) is 1. The van der Waals surface area contributed by atoms with Gasteiger partial charge in [0.05, 0.1) is 26.9 Å². The van der Waals surface area contributed by atoms with Crippen molar-refractivity contribution in [3.05, 3.63) is 71.8 Å². The Balaban J connectivity index is 1.70. The highest BCUT2D eigenvalue weighted by molar-refractivity contribution is 7.48. The molecule has 10 heteroatoms. The van der Waals surface area contributed by atoms with E-state index in [1.54, 1.807) is 13.8 Å². The summed E-state index contributed by atoms with van der Waals surface area (Å²) in [5, 5.41) is 1.04. The third kappa shape index (κ3) is 7.45. The Hall–Kier alpha value is -2.10. The molecule has 0 unspecified atom stereocenters. The first-order valence-corrected chi connectivity index (χ1v) is 12.0. The standard InChI is InChI=1S/C23H30NO8P/c1-23(2)31-20(21(32-23)22(25)24(3)27-4)17-30-33(26,28-15-18-11-7-5-8-12-18)29-16-19-13-9-6-10-14-19/h5-14,20-21H,15-17H2,1-4H3/t20-,21+/m1/s1. The third-order valence-corrected chi connectivity index (χ3v) is 6.23. The summed E-state index contributed by atoms with van der Waals surface area (Å²) in [5.41, 5.74) is 1.61. The monoisotopic (exact) mass is 479 g/mol. The molecule has 1 amide bonds. The number of benzene rings is 2. The highest BCUT2D eigenvalue weighted by atomic mass is 31.2. The summed E-state index contributed by atoms with van der Waals surface area (Å²) in [7, 11) is -1.19. The minimum absolute atomic E-state index is 0.0230. The van der Waals surface area contributed by atoms with Gasteiger partial charge in [0, 0.05) is 7.05 Å². The zero-order valence-corrected chi connectivity index (χ0v) is 20.1. The number of hydrogen-bond acceptors (Lipinski definition) is 8. The van der Waals surface area contributed by atoms with Crippen molar-refractivity contribution in [1.82, 2.24) is 5.06 Å². The Bertz CT molecular complexity index is 892. The van der Waals surface area contributed by atoms with E-state index < -0.39 is 31.7 Å². The predicted octanol–water partition coefficient (Wildman–Crippen LogP) is 4.08. The molecule has 9 nitrogen and oxygen atoms in total. The van der Waals surface area contributed by atoms with E-state index in [1.807, 2.05) is 60.7 Å². The third-order valence-electron chi connectivity index (χ3n) is 4.87. The molecule has 180 valence electrons. The number of rotatable bonds is 11. The van der Waals surface area contributed by atoms with Crippen LogP contribution in [0.25, 0.3) is 0 Å². The number of carbonyl (C=O) groups is 1. The van der Waals surface area contributed by atoms with Gasteiger partial charge >= 0.3 is 7.82 Å². The Labute approximate surface area is 194 Å². The van der Waals surface area contributed by atoms with Crippen LogP contribution in [0.15, 0.2) is 60.7 Å². The van der Waals surface area contributed by atoms with Crippen molar-refractivity contribution < 1.29 is 37.2 Å². The number of carbonyl (C=O) groups excluding carboxylic acids is 1. The first kappa shape index (κ1) is 25.5. The molecule has 3 rings (SSSR count). The topological polar surface area (TPSA) is 92.8 Å². The molecule has 2 aromatic rings. The molecule has 1 aliphatic heterocycles. The number of phosphoric ester groups is 1. The Kier molecular flexibility index (Phi) is 8.78. The van der Waals surface area contributed by atoms with Crippen molar-refractivity contribution in [2.45, 2.75) is 45.1 Å². The first-order valence-electron chi connectivity index (χ1n) is 10.5. The summed E-state index contributed by atoms with van der Waals surface area (Å²) >= 11 is 0. The van der Waals surface area contributed by atoms with Crippen LogP contribution in [0.3, 0.4) is 0 Å². The number of phosphoric acid groups is 1. The summed E-state index contributed by atoms with van der Waals surface area (Å²) in [5.74, 6) is -1.50. The Morgan fingerprint density at radius 2 is 1.45 bits per heavy atom.